The first-order valence-corrected chi connectivity index (χ1v) is 4.55. The number of ketones is 1. The normalized spacial score (nSPS) is 10.9. The Morgan fingerprint density at radius 1 is 1.38 bits per heavy atom. The van der Waals surface area contributed by atoms with Crippen molar-refractivity contribution in [2.45, 2.75) is 19.0 Å². The van der Waals surface area contributed by atoms with Crippen molar-refractivity contribution in [2.24, 2.45) is 0 Å². The summed E-state index contributed by atoms with van der Waals surface area (Å²) >= 11 is 0. The van der Waals surface area contributed by atoms with Gasteiger partial charge < -0.3 is 0 Å². The minimum Gasteiger partial charge on any atom is -0.298 e. The molecule has 4 heteroatoms. The Balaban J connectivity index is 2.84. The molecule has 1 aromatic rings. The lowest BCUT2D eigenvalue weighted by Crippen LogP contribution is -2.07. The Hall–Kier alpha value is -1.76. The second-order valence-electron chi connectivity index (χ2n) is 3.29. The highest BCUT2D eigenvalue weighted by Gasteiger charge is 2.30. The summed E-state index contributed by atoms with van der Waals surface area (Å²) in [5.74, 6) is 1.90. The first-order valence-electron chi connectivity index (χ1n) is 4.55. The highest BCUT2D eigenvalue weighted by Crippen LogP contribution is 2.29. The van der Waals surface area contributed by atoms with Crippen LogP contribution in [-0.2, 0) is 17.4 Å². The second kappa shape index (κ2) is 4.84. The number of terminal acetylenes is 1. The zero-order chi connectivity index (χ0) is 12.2. The third-order valence-corrected chi connectivity index (χ3v) is 1.95. The Morgan fingerprint density at radius 3 is 2.62 bits per heavy atom. The summed E-state index contributed by atoms with van der Waals surface area (Å²) in [5.41, 5.74) is -0.423. The molecule has 0 unspecified atom stereocenters. The fraction of sp³-hybridized carbons (Fsp3) is 0.250. The van der Waals surface area contributed by atoms with E-state index in [1.807, 2.05) is 0 Å². The van der Waals surface area contributed by atoms with Gasteiger partial charge in [-0.05, 0) is 11.6 Å². The number of halogens is 3. The lowest BCUT2D eigenvalue weighted by Gasteiger charge is -2.07. The van der Waals surface area contributed by atoms with Crippen LogP contribution in [0.4, 0.5) is 13.2 Å². The van der Waals surface area contributed by atoms with Crippen LogP contribution >= 0.6 is 0 Å². The van der Waals surface area contributed by atoms with E-state index in [1.54, 1.807) is 0 Å². The molecule has 0 atom stereocenters. The van der Waals surface area contributed by atoms with Gasteiger partial charge in [0.05, 0.1) is 12.0 Å². The molecule has 0 spiro atoms. The maximum Gasteiger partial charge on any atom is 0.416 e. The van der Waals surface area contributed by atoms with Gasteiger partial charge >= 0.3 is 6.18 Å². The van der Waals surface area contributed by atoms with Gasteiger partial charge in [-0.1, -0.05) is 24.1 Å². The van der Waals surface area contributed by atoms with Crippen LogP contribution in [0.2, 0.25) is 0 Å². The highest BCUT2D eigenvalue weighted by molar-refractivity contribution is 5.82. The van der Waals surface area contributed by atoms with Gasteiger partial charge in [-0.2, -0.15) is 13.2 Å². The molecular weight excluding hydrogens is 217 g/mol. The third kappa shape index (κ3) is 3.43. The average Bonchev–Trinajstić information content (AvgIpc) is 2.17. The number of hydrogen-bond acceptors (Lipinski definition) is 1. The fourth-order valence-corrected chi connectivity index (χ4v) is 1.26. The Morgan fingerprint density at radius 2 is 2.06 bits per heavy atom. The van der Waals surface area contributed by atoms with Crippen LogP contribution in [0.3, 0.4) is 0 Å². The number of Topliss-reactive ketones (excluding diaryl/α,β-unsaturated/α-hetero) is 1. The number of rotatable bonds is 3. The Bertz CT molecular complexity index is 427. The fourth-order valence-electron chi connectivity index (χ4n) is 1.26. The van der Waals surface area contributed by atoms with Crippen molar-refractivity contribution in [3.05, 3.63) is 35.4 Å². The summed E-state index contributed by atoms with van der Waals surface area (Å²) in [6, 6.07) is 4.69. The van der Waals surface area contributed by atoms with Crippen LogP contribution in [0.25, 0.3) is 0 Å². The largest absolute Gasteiger partial charge is 0.416 e. The monoisotopic (exact) mass is 226 g/mol. The molecule has 0 amide bonds. The number of carbonyl (C=O) groups excluding carboxylic acids is 1. The standard InChI is InChI=1S/C12H9F3O/c1-2-4-11(16)8-9-5-3-6-10(7-9)12(13,14)15/h1,3,5-7H,4,8H2. The summed E-state index contributed by atoms with van der Waals surface area (Å²) in [6.07, 6.45) is 0.427. The molecule has 0 aliphatic heterocycles. The van der Waals surface area contributed by atoms with Crippen LogP contribution in [-0.4, -0.2) is 5.78 Å². The maximum atomic E-state index is 12.3. The van der Waals surface area contributed by atoms with Crippen LogP contribution in [0.5, 0.6) is 0 Å². The number of hydrogen-bond donors (Lipinski definition) is 0. The molecule has 0 saturated carbocycles. The van der Waals surface area contributed by atoms with E-state index in [4.69, 9.17) is 6.42 Å². The van der Waals surface area contributed by atoms with E-state index >= 15 is 0 Å². The molecular formula is C12H9F3O. The van der Waals surface area contributed by atoms with Crippen molar-refractivity contribution < 1.29 is 18.0 Å². The van der Waals surface area contributed by atoms with Gasteiger partial charge in [0.15, 0.2) is 0 Å². The van der Waals surface area contributed by atoms with Crippen LogP contribution in [0.1, 0.15) is 17.5 Å². The van der Waals surface area contributed by atoms with E-state index in [9.17, 15) is 18.0 Å². The van der Waals surface area contributed by atoms with Crippen molar-refractivity contribution in [1.29, 1.82) is 0 Å². The first-order chi connectivity index (χ1) is 7.43. The molecule has 84 valence electrons. The molecule has 0 bridgehead atoms. The lowest BCUT2D eigenvalue weighted by atomic mass is 10.0. The molecule has 1 aromatic carbocycles. The van der Waals surface area contributed by atoms with E-state index in [1.165, 1.54) is 12.1 Å². The van der Waals surface area contributed by atoms with Gasteiger partial charge in [-0.15, -0.1) is 6.42 Å². The first kappa shape index (κ1) is 12.3. The Kier molecular flexibility index (Phi) is 3.73. The molecule has 0 aliphatic rings. The topological polar surface area (TPSA) is 17.1 Å². The summed E-state index contributed by atoms with van der Waals surface area (Å²) < 4.78 is 37.0. The molecule has 0 heterocycles. The summed E-state index contributed by atoms with van der Waals surface area (Å²) in [5, 5.41) is 0. The third-order valence-electron chi connectivity index (χ3n) is 1.95. The minimum atomic E-state index is -4.38. The summed E-state index contributed by atoms with van der Waals surface area (Å²) in [6.45, 7) is 0. The van der Waals surface area contributed by atoms with Gasteiger partial charge in [0.25, 0.3) is 0 Å². The van der Waals surface area contributed by atoms with E-state index in [0.717, 1.165) is 12.1 Å². The number of benzene rings is 1. The van der Waals surface area contributed by atoms with E-state index < -0.39 is 11.7 Å². The molecule has 0 radical (unpaired) electrons. The van der Waals surface area contributed by atoms with E-state index in [0.29, 0.717) is 5.56 Å². The SMILES string of the molecule is C#CCC(=O)Cc1cccc(C(F)(F)F)c1. The molecule has 0 N–H and O–H groups in total. The molecule has 1 nitrogen and oxygen atoms in total. The van der Waals surface area contributed by atoms with Gasteiger partial charge in [0, 0.05) is 6.42 Å². The van der Waals surface area contributed by atoms with Crippen molar-refractivity contribution in [2.75, 3.05) is 0 Å². The Labute approximate surface area is 91.3 Å². The van der Waals surface area contributed by atoms with Crippen LogP contribution in [0, 0.1) is 12.3 Å². The molecule has 0 aromatic heterocycles. The van der Waals surface area contributed by atoms with E-state index in [-0.39, 0.29) is 18.6 Å². The van der Waals surface area contributed by atoms with Crippen molar-refractivity contribution in [1.82, 2.24) is 0 Å². The van der Waals surface area contributed by atoms with Crippen molar-refractivity contribution in [3.63, 3.8) is 0 Å². The van der Waals surface area contributed by atoms with Gasteiger partial charge in [0.2, 0.25) is 0 Å². The molecule has 1 rings (SSSR count). The molecule has 0 fully saturated rings. The van der Waals surface area contributed by atoms with Gasteiger partial charge in [0.1, 0.15) is 5.78 Å². The van der Waals surface area contributed by atoms with Crippen LogP contribution < -0.4 is 0 Å². The average molecular weight is 226 g/mol. The molecule has 0 saturated heterocycles. The highest BCUT2D eigenvalue weighted by atomic mass is 19.4. The number of carbonyl (C=O) groups is 1. The summed E-state index contributed by atoms with van der Waals surface area (Å²) in [7, 11) is 0. The smallest absolute Gasteiger partial charge is 0.298 e. The van der Waals surface area contributed by atoms with Crippen molar-refractivity contribution >= 4 is 5.78 Å². The van der Waals surface area contributed by atoms with Crippen molar-refractivity contribution in [3.8, 4) is 12.3 Å². The van der Waals surface area contributed by atoms with Crippen LogP contribution in [0.15, 0.2) is 24.3 Å². The minimum absolute atomic E-state index is 0.0593. The second-order valence-corrected chi connectivity index (χ2v) is 3.29. The zero-order valence-electron chi connectivity index (χ0n) is 8.34. The maximum absolute atomic E-state index is 12.3. The molecule has 0 aliphatic carbocycles. The molecule has 16 heavy (non-hydrogen) atoms. The number of alkyl halides is 3. The lowest BCUT2D eigenvalue weighted by molar-refractivity contribution is -0.137. The zero-order valence-corrected chi connectivity index (χ0v) is 8.34. The predicted octanol–water partition coefficient (Wildman–Crippen LogP) is 2.84. The van der Waals surface area contributed by atoms with Gasteiger partial charge in [-0.25, -0.2) is 0 Å². The van der Waals surface area contributed by atoms with Gasteiger partial charge in [-0.3, -0.25) is 4.79 Å². The predicted molar refractivity (Wildman–Crippen MR) is 53.6 cm³/mol. The quantitative estimate of drug-likeness (QED) is 0.724. The van der Waals surface area contributed by atoms with E-state index in [2.05, 4.69) is 5.92 Å². The summed E-state index contributed by atoms with van der Waals surface area (Å²) in [4.78, 5) is 11.1.